The van der Waals surface area contributed by atoms with E-state index < -0.39 is 0 Å². The van der Waals surface area contributed by atoms with Crippen molar-refractivity contribution in [2.24, 2.45) is 5.92 Å². The summed E-state index contributed by atoms with van der Waals surface area (Å²) in [5.74, 6) is 0.427. The van der Waals surface area contributed by atoms with Gasteiger partial charge >= 0.3 is 0 Å². The van der Waals surface area contributed by atoms with Crippen molar-refractivity contribution in [2.75, 3.05) is 37.0 Å². The lowest BCUT2D eigenvalue weighted by Gasteiger charge is -2.37. The van der Waals surface area contributed by atoms with Gasteiger partial charge in [-0.05, 0) is 86.7 Å². The predicted molar refractivity (Wildman–Crippen MR) is 160 cm³/mol. The minimum absolute atomic E-state index is 0.427. The Morgan fingerprint density at radius 2 is 1.36 bits per heavy atom. The number of nitrogens with zero attached hydrogens (tertiary/aromatic N) is 5. The van der Waals surface area contributed by atoms with E-state index in [2.05, 4.69) is 96.4 Å². The van der Waals surface area contributed by atoms with E-state index >= 15 is 0 Å². The molecule has 5 nitrogen and oxygen atoms in total. The number of fused-ring (bicyclic) bond motifs is 4. The first-order valence-electron chi connectivity index (χ1n) is 12.8. The van der Waals surface area contributed by atoms with Gasteiger partial charge in [0.1, 0.15) is 0 Å². The van der Waals surface area contributed by atoms with Crippen LogP contribution in [0.4, 0.5) is 28.4 Å². The summed E-state index contributed by atoms with van der Waals surface area (Å²) in [6.07, 6.45) is 0. The molecule has 0 bridgehead atoms. The Bertz CT molecular complexity index is 1670. The van der Waals surface area contributed by atoms with Crippen molar-refractivity contribution in [3.8, 4) is 12.1 Å². The Kier molecular flexibility index (Phi) is 6.74. The zero-order valence-corrected chi connectivity index (χ0v) is 23.7. The van der Waals surface area contributed by atoms with Gasteiger partial charge in [-0.2, -0.15) is 10.5 Å². The van der Waals surface area contributed by atoms with Crippen molar-refractivity contribution in [1.29, 1.82) is 10.5 Å². The highest BCUT2D eigenvalue weighted by Gasteiger charge is 2.29. The molecule has 0 amide bonds. The van der Waals surface area contributed by atoms with E-state index in [1.54, 1.807) is 23.5 Å². The van der Waals surface area contributed by atoms with Crippen LogP contribution in [0.25, 0.3) is 0 Å². The van der Waals surface area contributed by atoms with E-state index in [9.17, 15) is 10.5 Å². The third-order valence-electron chi connectivity index (χ3n) is 6.92. The first-order chi connectivity index (χ1) is 18.9. The zero-order chi connectivity index (χ0) is 27.1. The Labute approximate surface area is 238 Å². The highest BCUT2D eigenvalue weighted by Crippen LogP contribution is 2.54. The normalized spacial score (nSPS) is 14.0. The molecule has 0 saturated heterocycles. The van der Waals surface area contributed by atoms with E-state index in [1.165, 1.54) is 9.79 Å². The summed E-state index contributed by atoms with van der Waals surface area (Å²) in [4.78, 5) is 11.5. The van der Waals surface area contributed by atoms with Crippen molar-refractivity contribution in [3.63, 3.8) is 0 Å². The molecule has 2 aliphatic heterocycles. The standard InChI is InChI=1S/C32H27N5S2/c1-21(19-35(2)3)20-36-25-11-10-24(16-32(25)39-30-12-8-22(17-33)14-27(30)36)37-26-6-4-5-7-29(26)38-31-13-9-23(18-34)15-28(31)37/h4-16,21H,19-20H2,1-3H3. The molecule has 6 rings (SSSR count). The van der Waals surface area contributed by atoms with Crippen LogP contribution in [-0.2, 0) is 0 Å². The van der Waals surface area contributed by atoms with Crippen LogP contribution in [0.15, 0.2) is 98.4 Å². The van der Waals surface area contributed by atoms with Gasteiger partial charge in [-0.3, -0.25) is 0 Å². The van der Waals surface area contributed by atoms with Crippen LogP contribution in [0.5, 0.6) is 0 Å². The Hall–Kier alpha value is -3.88. The third-order valence-corrected chi connectivity index (χ3v) is 9.16. The van der Waals surface area contributed by atoms with Gasteiger partial charge in [0.05, 0.1) is 46.0 Å². The summed E-state index contributed by atoms with van der Waals surface area (Å²) in [7, 11) is 4.21. The van der Waals surface area contributed by atoms with Gasteiger partial charge < -0.3 is 14.7 Å². The Balaban J connectivity index is 1.47. The van der Waals surface area contributed by atoms with Gasteiger partial charge in [-0.15, -0.1) is 0 Å². The van der Waals surface area contributed by atoms with Crippen LogP contribution in [-0.4, -0.2) is 32.1 Å². The summed E-state index contributed by atoms with van der Waals surface area (Å²) >= 11 is 3.49. The summed E-state index contributed by atoms with van der Waals surface area (Å²) in [5, 5.41) is 19.2. The number of benzene rings is 4. The molecule has 0 radical (unpaired) electrons. The molecule has 2 aliphatic rings. The Morgan fingerprint density at radius 3 is 2.08 bits per heavy atom. The first-order valence-corrected chi connectivity index (χ1v) is 14.5. The van der Waals surface area contributed by atoms with Crippen molar-refractivity contribution in [1.82, 2.24) is 4.90 Å². The molecule has 2 heterocycles. The van der Waals surface area contributed by atoms with E-state index in [4.69, 9.17) is 0 Å². The maximum absolute atomic E-state index is 9.63. The van der Waals surface area contributed by atoms with E-state index in [1.807, 2.05) is 30.3 Å². The van der Waals surface area contributed by atoms with Crippen LogP contribution < -0.4 is 9.80 Å². The zero-order valence-electron chi connectivity index (χ0n) is 22.0. The van der Waals surface area contributed by atoms with Gasteiger partial charge in [0.15, 0.2) is 0 Å². The maximum Gasteiger partial charge on any atom is 0.0992 e. The summed E-state index contributed by atoms with van der Waals surface area (Å²) in [5.41, 5.74) is 6.76. The molecule has 4 aromatic carbocycles. The first kappa shape index (κ1) is 25.4. The molecule has 192 valence electrons. The lowest BCUT2D eigenvalue weighted by Crippen LogP contribution is -2.31. The quantitative estimate of drug-likeness (QED) is 0.221. The number of hydrogen-bond acceptors (Lipinski definition) is 7. The van der Waals surface area contributed by atoms with Crippen LogP contribution in [0.1, 0.15) is 18.1 Å². The number of nitriles is 2. The van der Waals surface area contributed by atoms with Gasteiger partial charge in [-0.25, -0.2) is 0 Å². The number of anilines is 5. The smallest absolute Gasteiger partial charge is 0.0992 e. The molecule has 0 aromatic heterocycles. The minimum Gasteiger partial charge on any atom is -0.339 e. The van der Waals surface area contributed by atoms with Crippen LogP contribution in [0.2, 0.25) is 0 Å². The minimum atomic E-state index is 0.427. The molecular formula is C32H27N5S2. The monoisotopic (exact) mass is 545 g/mol. The summed E-state index contributed by atoms with van der Waals surface area (Å²) < 4.78 is 0. The van der Waals surface area contributed by atoms with Gasteiger partial charge in [0, 0.05) is 38.4 Å². The van der Waals surface area contributed by atoms with Gasteiger partial charge in [0.25, 0.3) is 0 Å². The molecule has 4 aromatic rings. The van der Waals surface area contributed by atoms with E-state index in [0.29, 0.717) is 17.0 Å². The molecule has 0 saturated carbocycles. The second-order valence-electron chi connectivity index (χ2n) is 10.2. The fraction of sp³-hybridized carbons (Fsp3) is 0.188. The number of para-hydroxylation sites is 1. The van der Waals surface area contributed by atoms with Crippen molar-refractivity contribution < 1.29 is 0 Å². The predicted octanol–water partition coefficient (Wildman–Crippen LogP) is 8.16. The molecule has 0 spiro atoms. The fourth-order valence-electron chi connectivity index (χ4n) is 5.37. The SMILES string of the molecule is CC(CN(C)C)CN1c2ccc(N3c4ccccc4Sc4ccc(C#N)cc43)cc2Sc2ccc(C#N)cc21. The molecule has 0 aliphatic carbocycles. The largest absolute Gasteiger partial charge is 0.339 e. The molecule has 1 unspecified atom stereocenters. The van der Waals surface area contributed by atoms with Crippen LogP contribution >= 0.6 is 23.5 Å². The average molecular weight is 546 g/mol. The Morgan fingerprint density at radius 1 is 0.718 bits per heavy atom. The molecular weight excluding hydrogens is 519 g/mol. The molecule has 1 atom stereocenters. The highest BCUT2D eigenvalue weighted by molar-refractivity contribution is 8.00. The second-order valence-corrected chi connectivity index (χ2v) is 12.4. The average Bonchev–Trinajstić information content (AvgIpc) is 2.94. The number of rotatable bonds is 5. The lowest BCUT2D eigenvalue weighted by molar-refractivity contribution is 0.343. The molecule has 39 heavy (non-hydrogen) atoms. The summed E-state index contributed by atoms with van der Waals surface area (Å²) in [6.45, 7) is 4.10. The molecule has 0 N–H and O–H groups in total. The lowest BCUT2D eigenvalue weighted by atomic mass is 10.1. The van der Waals surface area contributed by atoms with Crippen molar-refractivity contribution in [3.05, 3.63) is 90.0 Å². The number of hydrogen-bond donors (Lipinski definition) is 0. The summed E-state index contributed by atoms with van der Waals surface area (Å²) in [6, 6.07) is 31.6. The molecule has 0 fully saturated rings. The third kappa shape index (κ3) is 4.75. The topological polar surface area (TPSA) is 57.3 Å². The highest BCUT2D eigenvalue weighted by atomic mass is 32.2. The fourth-order valence-corrected chi connectivity index (χ4v) is 7.52. The van der Waals surface area contributed by atoms with Crippen molar-refractivity contribution >= 4 is 52.0 Å². The molecule has 7 heteroatoms. The van der Waals surface area contributed by atoms with Crippen LogP contribution in [0, 0.1) is 28.6 Å². The second kappa shape index (κ2) is 10.4. The van der Waals surface area contributed by atoms with Gasteiger partial charge in [0.2, 0.25) is 0 Å². The van der Waals surface area contributed by atoms with Crippen LogP contribution in [0.3, 0.4) is 0 Å². The van der Waals surface area contributed by atoms with E-state index in [-0.39, 0.29) is 0 Å². The maximum atomic E-state index is 9.63. The van der Waals surface area contributed by atoms with E-state index in [0.717, 1.165) is 51.3 Å². The van der Waals surface area contributed by atoms with Gasteiger partial charge in [-0.1, -0.05) is 42.6 Å². The van der Waals surface area contributed by atoms with Crippen molar-refractivity contribution in [2.45, 2.75) is 26.5 Å².